The van der Waals surface area contributed by atoms with E-state index in [1.165, 1.54) is 17.8 Å². The van der Waals surface area contributed by atoms with Crippen LogP contribution in [0.15, 0.2) is 35.8 Å². The van der Waals surface area contributed by atoms with Gasteiger partial charge in [-0.15, -0.1) is 11.3 Å². The SMILES string of the molecule is CN(C)c1nc(N[C@H]2CC[C@@H](CNCc3nccs3)CC2)nc2ccccc12. The second-order valence-electron chi connectivity index (χ2n) is 7.70. The molecule has 1 aromatic carbocycles. The highest BCUT2D eigenvalue weighted by molar-refractivity contribution is 7.09. The molecule has 148 valence electrons. The Bertz CT molecular complexity index is 887. The van der Waals surface area contributed by atoms with E-state index in [1.807, 2.05) is 37.8 Å². The van der Waals surface area contributed by atoms with Crippen LogP contribution in [-0.4, -0.2) is 41.6 Å². The highest BCUT2D eigenvalue weighted by Crippen LogP contribution is 2.28. The predicted molar refractivity (Wildman–Crippen MR) is 117 cm³/mol. The summed E-state index contributed by atoms with van der Waals surface area (Å²) in [5.74, 6) is 2.45. The molecule has 0 bridgehead atoms. The van der Waals surface area contributed by atoms with Crippen molar-refractivity contribution in [3.8, 4) is 0 Å². The summed E-state index contributed by atoms with van der Waals surface area (Å²) in [7, 11) is 4.06. The van der Waals surface area contributed by atoms with Crippen LogP contribution in [0.5, 0.6) is 0 Å². The van der Waals surface area contributed by atoms with E-state index < -0.39 is 0 Å². The van der Waals surface area contributed by atoms with Gasteiger partial charge in [0, 0.05) is 43.6 Å². The molecule has 0 unspecified atom stereocenters. The molecule has 0 aliphatic heterocycles. The van der Waals surface area contributed by atoms with Crippen molar-refractivity contribution in [3.05, 3.63) is 40.8 Å². The van der Waals surface area contributed by atoms with Crippen LogP contribution in [0.1, 0.15) is 30.7 Å². The molecule has 0 spiro atoms. The normalized spacial score (nSPS) is 19.6. The molecule has 1 fully saturated rings. The van der Waals surface area contributed by atoms with Crippen LogP contribution in [0.2, 0.25) is 0 Å². The van der Waals surface area contributed by atoms with Gasteiger partial charge in [0.1, 0.15) is 10.8 Å². The average Bonchev–Trinajstić information content (AvgIpc) is 3.22. The van der Waals surface area contributed by atoms with Crippen molar-refractivity contribution in [2.45, 2.75) is 38.3 Å². The van der Waals surface area contributed by atoms with Gasteiger partial charge in [0.15, 0.2) is 0 Å². The fraction of sp³-hybridized carbons (Fsp3) is 0.476. The van der Waals surface area contributed by atoms with Crippen molar-refractivity contribution in [3.63, 3.8) is 0 Å². The second kappa shape index (κ2) is 8.84. The van der Waals surface area contributed by atoms with Gasteiger partial charge in [0.2, 0.25) is 5.95 Å². The largest absolute Gasteiger partial charge is 0.362 e. The number of thiazole rings is 1. The van der Waals surface area contributed by atoms with Crippen molar-refractivity contribution in [2.24, 2.45) is 5.92 Å². The zero-order valence-electron chi connectivity index (χ0n) is 16.6. The van der Waals surface area contributed by atoms with Crippen molar-refractivity contribution in [1.29, 1.82) is 0 Å². The molecule has 1 saturated carbocycles. The molecule has 2 aromatic heterocycles. The zero-order valence-corrected chi connectivity index (χ0v) is 17.4. The number of nitrogens with one attached hydrogen (secondary N) is 2. The zero-order chi connectivity index (χ0) is 19.3. The van der Waals surface area contributed by atoms with E-state index in [0.29, 0.717) is 6.04 Å². The fourth-order valence-electron chi connectivity index (χ4n) is 3.88. The molecular weight excluding hydrogens is 368 g/mol. The summed E-state index contributed by atoms with van der Waals surface area (Å²) in [5, 5.41) is 11.4. The van der Waals surface area contributed by atoms with Crippen LogP contribution in [0.4, 0.5) is 11.8 Å². The molecule has 7 heteroatoms. The van der Waals surface area contributed by atoms with Gasteiger partial charge in [0.25, 0.3) is 0 Å². The number of rotatable bonds is 7. The molecule has 0 amide bonds. The topological polar surface area (TPSA) is 66.0 Å². The molecule has 2 N–H and O–H groups in total. The van der Waals surface area contributed by atoms with E-state index in [1.54, 1.807) is 11.3 Å². The molecule has 0 saturated heterocycles. The van der Waals surface area contributed by atoms with Crippen molar-refractivity contribution in [2.75, 3.05) is 30.9 Å². The Hall–Kier alpha value is -2.25. The number of nitrogens with zero attached hydrogens (tertiary/aromatic N) is 4. The van der Waals surface area contributed by atoms with Gasteiger partial charge in [-0.3, -0.25) is 0 Å². The van der Waals surface area contributed by atoms with Gasteiger partial charge >= 0.3 is 0 Å². The van der Waals surface area contributed by atoms with E-state index in [-0.39, 0.29) is 0 Å². The third-order valence-corrected chi connectivity index (χ3v) is 6.16. The first kappa shape index (κ1) is 19.1. The smallest absolute Gasteiger partial charge is 0.225 e. The van der Waals surface area contributed by atoms with E-state index in [2.05, 4.69) is 32.7 Å². The number of fused-ring (bicyclic) bond motifs is 1. The lowest BCUT2D eigenvalue weighted by Gasteiger charge is -2.29. The molecule has 3 aromatic rings. The van der Waals surface area contributed by atoms with Gasteiger partial charge in [-0.2, -0.15) is 4.98 Å². The average molecular weight is 397 g/mol. The maximum atomic E-state index is 4.78. The van der Waals surface area contributed by atoms with Crippen LogP contribution in [0.3, 0.4) is 0 Å². The molecule has 1 aliphatic carbocycles. The first-order chi connectivity index (χ1) is 13.7. The molecule has 2 heterocycles. The molecule has 28 heavy (non-hydrogen) atoms. The van der Waals surface area contributed by atoms with Gasteiger partial charge in [-0.1, -0.05) is 12.1 Å². The van der Waals surface area contributed by atoms with Gasteiger partial charge in [-0.05, 0) is 50.3 Å². The van der Waals surface area contributed by atoms with E-state index >= 15 is 0 Å². The second-order valence-corrected chi connectivity index (χ2v) is 8.68. The summed E-state index contributed by atoms with van der Waals surface area (Å²) in [6, 6.07) is 8.66. The van der Waals surface area contributed by atoms with Gasteiger partial charge in [0.05, 0.1) is 5.52 Å². The summed E-state index contributed by atoms with van der Waals surface area (Å²) < 4.78 is 0. The highest BCUT2D eigenvalue weighted by Gasteiger charge is 2.22. The van der Waals surface area contributed by atoms with Crippen molar-refractivity contribution in [1.82, 2.24) is 20.3 Å². The highest BCUT2D eigenvalue weighted by atomic mass is 32.1. The van der Waals surface area contributed by atoms with E-state index in [9.17, 15) is 0 Å². The Labute approximate surface area is 170 Å². The number of hydrogen-bond donors (Lipinski definition) is 2. The predicted octanol–water partition coefficient (Wildman–Crippen LogP) is 3.91. The summed E-state index contributed by atoms with van der Waals surface area (Å²) in [4.78, 5) is 15.9. The molecule has 0 radical (unpaired) electrons. The molecular formula is C21H28N6S. The lowest BCUT2D eigenvalue weighted by molar-refractivity contribution is 0.323. The Kier molecular flexibility index (Phi) is 6.02. The van der Waals surface area contributed by atoms with Crippen molar-refractivity contribution >= 4 is 34.0 Å². The minimum atomic E-state index is 0.450. The summed E-state index contributed by atoms with van der Waals surface area (Å²) >= 11 is 1.71. The molecule has 6 nitrogen and oxygen atoms in total. The van der Waals surface area contributed by atoms with Crippen LogP contribution in [-0.2, 0) is 6.54 Å². The Morgan fingerprint density at radius 2 is 1.93 bits per heavy atom. The van der Waals surface area contributed by atoms with Crippen LogP contribution < -0.4 is 15.5 Å². The minimum Gasteiger partial charge on any atom is -0.362 e. The van der Waals surface area contributed by atoms with Crippen LogP contribution in [0, 0.1) is 5.92 Å². The van der Waals surface area contributed by atoms with Crippen molar-refractivity contribution < 1.29 is 0 Å². The summed E-state index contributed by atoms with van der Waals surface area (Å²) in [5.41, 5.74) is 0.990. The maximum Gasteiger partial charge on any atom is 0.225 e. The third kappa shape index (κ3) is 4.59. The summed E-state index contributed by atoms with van der Waals surface area (Å²) in [6.45, 7) is 1.96. The number of hydrogen-bond acceptors (Lipinski definition) is 7. The van der Waals surface area contributed by atoms with E-state index in [4.69, 9.17) is 9.97 Å². The third-order valence-electron chi connectivity index (χ3n) is 5.38. The quantitative estimate of drug-likeness (QED) is 0.631. The number of anilines is 2. The van der Waals surface area contributed by atoms with Crippen LogP contribution >= 0.6 is 11.3 Å². The van der Waals surface area contributed by atoms with Crippen LogP contribution in [0.25, 0.3) is 10.9 Å². The monoisotopic (exact) mass is 396 g/mol. The summed E-state index contributed by atoms with van der Waals surface area (Å²) in [6.07, 6.45) is 6.66. The number of aromatic nitrogens is 3. The Balaban J connectivity index is 1.32. The van der Waals surface area contributed by atoms with Gasteiger partial charge in [-0.25, -0.2) is 9.97 Å². The standard InChI is InChI=1S/C21H28N6S/c1-27(2)20-17-5-3-4-6-18(17)25-21(26-20)24-16-9-7-15(8-10-16)13-22-14-19-23-11-12-28-19/h3-6,11-12,15-16,22H,7-10,13-14H2,1-2H3,(H,24,25,26)/t15-,16+. The first-order valence-electron chi connectivity index (χ1n) is 9.99. The maximum absolute atomic E-state index is 4.78. The number of benzene rings is 1. The molecule has 4 rings (SSSR count). The lowest BCUT2D eigenvalue weighted by atomic mass is 9.86. The fourth-order valence-corrected chi connectivity index (χ4v) is 4.47. The number of para-hydroxylation sites is 1. The van der Waals surface area contributed by atoms with Gasteiger partial charge < -0.3 is 15.5 Å². The molecule has 1 aliphatic rings. The Morgan fingerprint density at radius 1 is 1.11 bits per heavy atom. The van der Waals surface area contributed by atoms with E-state index in [0.717, 1.165) is 54.5 Å². The minimum absolute atomic E-state index is 0.450. The lowest BCUT2D eigenvalue weighted by Crippen LogP contribution is -2.31. The molecule has 0 atom stereocenters. The Morgan fingerprint density at radius 3 is 2.68 bits per heavy atom. The first-order valence-corrected chi connectivity index (χ1v) is 10.9.